The van der Waals surface area contributed by atoms with E-state index >= 15 is 0 Å². The molecule has 1 unspecified atom stereocenters. The van der Waals surface area contributed by atoms with Crippen molar-refractivity contribution in [2.45, 2.75) is 26.8 Å². The monoisotopic (exact) mass is 535 g/mol. The molecular weight excluding hydrogens is 508 g/mol. The van der Waals surface area contributed by atoms with Gasteiger partial charge in [0.15, 0.2) is 11.3 Å². The molecule has 2 aromatic carbocycles. The molecule has 11 heteroatoms. The van der Waals surface area contributed by atoms with Crippen molar-refractivity contribution in [3.05, 3.63) is 65.6 Å². The fourth-order valence-electron chi connectivity index (χ4n) is 4.45. The lowest BCUT2D eigenvalue weighted by Crippen LogP contribution is -2.13. The predicted octanol–water partition coefficient (Wildman–Crippen LogP) is 4.21. The maximum atomic E-state index is 13.1. The van der Waals surface area contributed by atoms with Gasteiger partial charge in [-0.25, -0.2) is 9.97 Å². The third kappa shape index (κ3) is 4.86. The quantitative estimate of drug-likeness (QED) is 0.318. The second kappa shape index (κ2) is 10.6. The molecule has 1 atom stereocenters. The van der Waals surface area contributed by atoms with Crippen LogP contribution in [0.15, 0.2) is 48.8 Å². The summed E-state index contributed by atoms with van der Waals surface area (Å²) in [4.78, 5) is 9.18. The van der Waals surface area contributed by atoms with Crippen molar-refractivity contribution >= 4 is 39.0 Å². The van der Waals surface area contributed by atoms with E-state index in [1.807, 2.05) is 24.3 Å². The molecule has 3 heterocycles. The van der Waals surface area contributed by atoms with Crippen LogP contribution in [0.5, 0.6) is 5.75 Å². The average Bonchev–Trinajstić information content (AvgIpc) is 3.56. The minimum absolute atomic E-state index is 0.278. The first-order valence-electron chi connectivity index (χ1n) is 12.0. The minimum atomic E-state index is -3.39. The van der Waals surface area contributed by atoms with Crippen LogP contribution in [0.3, 0.4) is 0 Å². The number of anilines is 1. The molecule has 5 rings (SSSR count). The number of fused-ring (bicyclic) bond motifs is 2. The molecule has 0 spiro atoms. The lowest BCUT2D eigenvalue weighted by atomic mass is 10.1. The van der Waals surface area contributed by atoms with Gasteiger partial charge in [-0.05, 0) is 48.5 Å². The number of imidazole rings is 1. The Balaban J connectivity index is 1.48. The highest BCUT2D eigenvalue weighted by atomic mass is 31.2. The minimum Gasteiger partial charge on any atom is -0.493 e. The Morgan fingerprint density at radius 1 is 1.19 bits per heavy atom. The number of aromatic nitrogens is 3. The largest absolute Gasteiger partial charge is 0.493 e. The lowest BCUT2D eigenvalue weighted by molar-refractivity contribution is 0.230. The van der Waals surface area contributed by atoms with Crippen molar-refractivity contribution in [1.29, 1.82) is 5.26 Å². The van der Waals surface area contributed by atoms with E-state index in [4.69, 9.17) is 13.8 Å². The molecule has 0 aliphatic carbocycles. The highest BCUT2D eigenvalue weighted by Crippen LogP contribution is 2.47. The molecule has 1 aliphatic heterocycles. The van der Waals surface area contributed by atoms with E-state index in [1.165, 1.54) is 5.56 Å². The normalized spacial score (nSPS) is 12.8. The molecule has 4 aromatic rings. The first kappa shape index (κ1) is 25.4. The van der Waals surface area contributed by atoms with Crippen LogP contribution in [0.1, 0.15) is 30.7 Å². The summed E-state index contributed by atoms with van der Waals surface area (Å²) in [5.41, 5.74) is 4.78. The van der Waals surface area contributed by atoms with Crippen LogP contribution in [0.25, 0.3) is 16.8 Å². The highest BCUT2D eigenvalue weighted by molar-refractivity contribution is 7.62. The number of benzene rings is 2. The van der Waals surface area contributed by atoms with Gasteiger partial charge in [-0.1, -0.05) is 18.2 Å². The Labute approximate surface area is 217 Å². The van der Waals surface area contributed by atoms with Gasteiger partial charge in [0.2, 0.25) is 5.95 Å². The molecule has 0 saturated heterocycles. The van der Waals surface area contributed by atoms with Gasteiger partial charge in [0.1, 0.15) is 11.8 Å². The van der Waals surface area contributed by atoms with Crippen LogP contribution < -0.4 is 20.7 Å². The molecule has 1 N–H and O–H groups in total. The molecule has 0 bridgehead atoms. The number of nitriles is 1. The smallest absolute Gasteiger partial charge is 0.361 e. The van der Waals surface area contributed by atoms with Gasteiger partial charge in [-0.3, -0.25) is 8.97 Å². The van der Waals surface area contributed by atoms with Crippen molar-refractivity contribution in [3.8, 4) is 22.9 Å². The average molecular weight is 535 g/mol. The SMILES string of the molecule is CCOP(=O)(OCC)c1ccc(-c2cnc(NCc3c(P)ccc4c3CCO4)n3cc(C#N)nc23)cc1. The van der Waals surface area contributed by atoms with Crippen LogP contribution in [-0.2, 0) is 26.6 Å². The fourth-order valence-corrected chi connectivity index (χ4v) is 6.39. The summed E-state index contributed by atoms with van der Waals surface area (Å²) in [6.07, 6.45) is 4.27. The molecule has 9 nitrogen and oxygen atoms in total. The Kier molecular flexibility index (Phi) is 7.28. The second-order valence-electron chi connectivity index (χ2n) is 8.37. The third-order valence-electron chi connectivity index (χ3n) is 6.16. The van der Waals surface area contributed by atoms with E-state index in [1.54, 1.807) is 42.8 Å². The molecule has 37 heavy (non-hydrogen) atoms. The molecule has 0 radical (unpaired) electrons. The van der Waals surface area contributed by atoms with Crippen molar-refractivity contribution in [2.75, 3.05) is 25.1 Å². The van der Waals surface area contributed by atoms with Crippen LogP contribution in [0.4, 0.5) is 5.95 Å². The van der Waals surface area contributed by atoms with Crippen molar-refractivity contribution in [1.82, 2.24) is 14.4 Å². The molecule has 0 amide bonds. The number of hydrogen-bond acceptors (Lipinski definition) is 8. The summed E-state index contributed by atoms with van der Waals surface area (Å²) in [6, 6.07) is 13.3. The van der Waals surface area contributed by atoms with E-state index in [2.05, 4.69) is 30.6 Å². The van der Waals surface area contributed by atoms with Crippen LogP contribution >= 0.6 is 16.8 Å². The number of nitrogens with zero attached hydrogens (tertiary/aromatic N) is 4. The maximum Gasteiger partial charge on any atom is 0.361 e. The molecule has 0 fully saturated rings. The number of nitrogens with one attached hydrogen (secondary N) is 1. The summed E-state index contributed by atoms with van der Waals surface area (Å²) in [5.74, 6) is 1.50. The van der Waals surface area contributed by atoms with Gasteiger partial charge in [0.05, 0.1) is 31.3 Å². The zero-order chi connectivity index (χ0) is 26.0. The first-order valence-corrected chi connectivity index (χ1v) is 14.1. The lowest BCUT2D eigenvalue weighted by Gasteiger charge is -2.17. The second-order valence-corrected chi connectivity index (χ2v) is 11.0. The summed E-state index contributed by atoms with van der Waals surface area (Å²) in [6.45, 7) is 5.35. The molecule has 1 aliphatic rings. The van der Waals surface area contributed by atoms with E-state index < -0.39 is 7.60 Å². The summed E-state index contributed by atoms with van der Waals surface area (Å²) < 4.78 is 31.5. The Bertz CT molecular complexity index is 1540. The molecular formula is C26H27N5O4P2. The predicted molar refractivity (Wildman–Crippen MR) is 146 cm³/mol. The summed E-state index contributed by atoms with van der Waals surface area (Å²) >= 11 is 0. The fraction of sp³-hybridized carbons (Fsp3) is 0.269. The van der Waals surface area contributed by atoms with Gasteiger partial charge < -0.3 is 19.1 Å². The van der Waals surface area contributed by atoms with E-state index in [9.17, 15) is 9.83 Å². The van der Waals surface area contributed by atoms with E-state index in [0.29, 0.717) is 30.1 Å². The van der Waals surface area contributed by atoms with Gasteiger partial charge in [-0.2, -0.15) is 5.26 Å². The Morgan fingerprint density at radius 2 is 1.95 bits per heavy atom. The number of rotatable bonds is 9. The highest BCUT2D eigenvalue weighted by Gasteiger charge is 2.26. The summed E-state index contributed by atoms with van der Waals surface area (Å²) in [7, 11) is -0.604. The number of hydrogen-bond donors (Lipinski definition) is 1. The standard InChI is InChI=1S/C26H27N5O4P2/c1-3-34-37(32,35-4-2)19-7-5-17(6-8-19)21-14-28-26(31-16-18(13-27)30-25(21)31)29-15-22-20-11-12-33-23(20)9-10-24(22)36/h5-10,14,16H,3-4,11-12,15,36H2,1-2H3,(H,28,29). The number of ether oxygens (including phenoxy) is 1. The summed E-state index contributed by atoms with van der Waals surface area (Å²) in [5, 5.41) is 14.5. The Hall–Kier alpha value is -3.27. The molecule has 2 aromatic heterocycles. The maximum absolute atomic E-state index is 13.1. The Morgan fingerprint density at radius 3 is 2.65 bits per heavy atom. The van der Waals surface area contributed by atoms with Crippen molar-refractivity contribution in [3.63, 3.8) is 0 Å². The first-order chi connectivity index (χ1) is 18.0. The van der Waals surface area contributed by atoms with Gasteiger partial charge in [0.25, 0.3) is 0 Å². The van der Waals surface area contributed by atoms with Gasteiger partial charge >= 0.3 is 7.60 Å². The zero-order valence-electron chi connectivity index (χ0n) is 20.6. The molecule has 0 saturated carbocycles. The van der Waals surface area contributed by atoms with Crippen LogP contribution in [-0.4, -0.2) is 34.2 Å². The topological polar surface area (TPSA) is 111 Å². The van der Waals surface area contributed by atoms with Gasteiger partial charge in [-0.15, -0.1) is 9.24 Å². The van der Waals surface area contributed by atoms with E-state index in [0.717, 1.165) is 34.2 Å². The third-order valence-corrected chi connectivity index (χ3v) is 8.82. The van der Waals surface area contributed by atoms with Crippen LogP contribution in [0, 0.1) is 11.3 Å². The zero-order valence-corrected chi connectivity index (χ0v) is 22.6. The van der Waals surface area contributed by atoms with Crippen LogP contribution in [0.2, 0.25) is 0 Å². The van der Waals surface area contributed by atoms with E-state index in [-0.39, 0.29) is 18.9 Å². The van der Waals surface area contributed by atoms with Crippen molar-refractivity contribution < 1.29 is 18.3 Å². The van der Waals surface area contributed by atoms with Crippen molar-refractivity contribution in [2.24, 2.45) is 0 Å². The van der Waals surface area contributed by atoms with Gasteiger partial charge in [0, 0.05) is 30.3 Å². The molecule has 190 valence electrons.